The summed E-state index contributed by atoms with van der Waals surface area (Å²) in [5.74, 6) is -1.03. The normalized spacial score (nSPS) is 14.5. The highest BCUT2D eigenvalue weighted by Gasteiger charge is 2.38. The second kappa shape index (κ2) is 32.6. The molecule has 0 aliphatic carbocycles. The Balaban J connectivity index is 4.68. The summed E-state index contributed by atoms with van der Waals surface area (Å²) in [5, 5.41) is 10.1. The van der Waals surface area contributed by atoms with Gasteiger partial charge in [-0.25, -0.2) is 4.57 Å². The number of phosphoric acid groups is 1. The van der Waals surface area contributed by atoms with Crippen LogP contribution in [-0.2, 0) is 27.9 Å². The van der Waals surface area contributed by atoms with Gasteiger partial charge in [0.15, 0.2) is 18.0 Å². The van der Waals surface area contributed by atoms with E-state index in [4.69, 9.17) is 13.8 Å². The number of phosphoric ester groups is 1. The molecule has 0 amide bonds. The lowest BCUT2D eigenvalue weighted by atomic mass is 10.0. The summed E-state index contributed by atoms with van der Waals surface area (Å²) in [6.45, 7) is 4.15. The number of ketones is 1. The highest BCUT2D eigenvalue weighted by atomic mass is 31.2. The summed E-state index contributed by atoms with van der Waals surface area (Å²) in [5.41, 5.74) is 0. The molecule has 0 radical (unpaired) electrons. The number of quaternary nitrogens is 1. The standard InChI is InChI=1S/C40H78NO8P/c1-6-8-10-12-14-16-18-19-20-21-23-25-27-29-31-33-39(44)48-38(36-42)40(49-50(45,46)47-35-34-41(3,4)5)37(43)32-30-28-26-24-22-17-15-13-11-9-7-2/h19-20,38,40,42H,6-18,21-36H2,1-5H3/p+1/b20-19-/t38-,40?/m0/s1. The number of carbonyl (C=O) groups excluding carboxylic acids is 2. The molecule has 2 unspecified atom stereocenters. The molecule has 3 atom stereocenters. The molecule has 0 spiro atoms. The van der Waals surface area contributed by atoms with Crippen LogP contribution in [0.2, 0.25) is 0 Å². The van der Waals surface area contributed by atoms with Gasteiger partial charge in [0.2, 0.25) is 0 Å². The van der Waals surface area contributed by atoms with Gasteiger partial charge in [0.25, 0.3) is 0 Å². The lowest BCUT2D eigenvalue weighted by Crippen LogP contribution is -2.42. The molecular formula is C40H79NO8P+. The lowest BCUT2D eigenvalue weighted by Gasteiger charge is -2.27. The third-order valence-electron chi connectivity index (χ3n) is 9.05. The van der Waals surface area contributed by atoms with Gasteiger partial charge in [-0.2, -0.15) is 0 Å². The number of nitrogens with zero attached hydrogens (tertiary/aromatic N) is 1. The van der Waals surface area contributed by atoms with E-state index >= 15 is 0 Å². The number of allylic oxidation sites excluding steroid dienone is 2. The minimum absolute atomic E-state index is 0.0597. The Morgan fingerprint density at radius 2 is 1.08 bits per heavy atom. The van der Waals surface area contributed by atoms with Gasteiger partial charge in [0.1, 0.15) is 13.2 Å². The second-order valence-corrected chi connectivity index (χ2v) is 16.5. The zero-order chi connectivity index (χ0) is 37.4. The first-order chi connectivity index (χ1) is 24.0. The van der Waals surface area contributed by atoms with Gasteiger partial charge in [-0.1, -0.05) is 142 Å². The second-order valence-electron chi connectivity index (χ2n) is 15.1. The van der Waals surface area contributed by atoms with Crippen molar-refractivity contribution in [3.05, 3.63) is 12.2 Å². The lowest BCUT2D eigenvalue weighted by molar-refractivity contribution is -0.870. The number of unbranched alkanes of at least 4 members (excludes halogenated alkanes) is 21. The Labute approximate surface area is 307 Å². The summed E-state index contributed by atoms with van der Waals surface area (Å²) in [7, 11) is 1.10. The summed E-state index contributed by atoms with van der Waals surface area (Å²) in [6, 6.07) is 0. The van der Waals surface area contributed by atoms with E-state index in [1.54, 1.807) is 0 Å². The summed E-state index contributed by atoms with van der Waals surface area (Å²) < 4.78 is 29.3. The van der Waals surface area contributed by atoms with Crippen LogP contribution in [0.1, 0.15) is 181 Å². The van der Waals surface area contributed by atoms with Crippen molar-refractivity contribution in [1.29, 1.82) is 0 Å². The zero-order valence-electron chi connectivity index (χ0n) is 33.1. The molecule has 0 aliphatic heterocycles. The molecule has 0 aromatic carbocycles. The van der Waals surface area contributed by atoms with Crippen LogP contribution in [0.4, 0.5) is 0 Å². The van der Waals surface area contributed by atoms with E-state index in [0.29, 0.717) is 23.9 Å². The van der Waals surface area contributed by atoms with Crippen LogP contribution < -0.4 is 0 Å². The number of rotatable bonds is 37. The number of ether oxygens (including phenoxy) is 1. The van der Waals surface area contributed by atoms with Gasteiger partial charge in [0, 0.05) is 12.8 Å². The van der Waals surface area contributed by atoms with Gasteiger partial charge < -0.3 is 19.2 Å². The highest BCUT2D eigenvalue weighted by molar-refractivity contribution is 7.47. The molecule has 0 fully saturated rings. The van der Waals surface area contributed by atoms with Crippen LogP contribution in [0.15, 0.2) is 12.2 Å². The molecule has 10 heteroatoms. The van der Waals surface area contributed by atoms with Crippen molar-refractivity contribution in [2.45, 2.75) is 193 Å². The molecule has 0 heterocycles. The number of aliphatic hydroxyl groups is 1. The van der Waals surface area contributed by atoms with Crippen LogP contribution in [0.25, 0.3) is 0 Å². The largest absolute Gasteiger partial charge is 0.473 e. The summed E-state index contributed by atoms with van der Waals surface area (Å²) in [6.07, 6.45) is 29.2. The van der Waals surface area contributed by atoms with Crippen molar-refractivity contribution in [3.8, 4) is 0 Å². The fraction of sp³-hybridized carbons (Fsp3) is 0.900. The number of carbonyl (C=O) groups is 2. The van der Waals surface area contributed by atoms with Crippen molar-refractivity contribution < 1.29 is 42.4 Å². The predicted molar refractivity (Wildman–Crippen MR) is 206 cm³/mol. The Morgan fingerprint density at radius 1 is 0.660 bits per heavy atom. The number of Topliss-reactive ketones (excluding diaryl/α,β-unsaturated/α-hetero) is 1. The first-order valence-corrected chi connectivity index (χ1v) is 21.9. The van der Waals surface area contributed by atoms with E-state index in [0.717, 1.165) is 51.4 Å². The average molecular weight is 733 g/mol. The molecule has 50 heavy (non-hydrogen) atoms. The van der Waals surface area contributed by atoms with E-state index in [-0.39, 0.29) is 19.4 Å². The van der Waals surface area contributed by atoms with E-state index in [2.05, 4.69) is 26.0 Å². The van der Waals surface area contributed by atoms with E-state index in [1.807, 2.05) is 21.1 Å². The minimum Gasteiger partial charge on any atom is -0.457 e. The van der Waals surface area contributed by atoms with E-state index in [9.17, 15) is 24.2 Å². The molecule has 296 valence electrons. The highest BCUT2D eigenvalue weighted by Crippen LogP contribution is 2.45. The Morgan fingerprint density at radius 3 is 1.52 bits per heavy atom. The minimum atomic E-state index is -4.66. The first kappa shape index (κ1) is 48.9. The number of hydrogen-bond acceptors (Lipinski definition) is 7. The van der Waals surface area contributed by atoms with Crippen molar-refractivity contribution in [1.82, 2.24) is 0 Å². The molecule has 0 saturated carbocycles. The quantitative estimate of drug-likeness (QED) is 0.0213. The van der Waals surface area contributed by atoms with Gasteiger partial charge in [-0.15, -0.1) is 0 Å². The number of esters is 1. The smallest absolute Gasteiger partial charge is 0.457 e. The molecule has 0 rings (SSSR count). The molecule has 2 N–H and O–H groups in total. The van der Waals surface area contributed by atoms with Crippen LogP contribution >= 0.6 is 7.82 Å². The monoisotopic (exact) mass is 733 g/mol. The Hall–Kier alpha value is -1.09. The Kier molecular flexibility index (Phi) is 31.8. The molecule has 0 saturated heterocycles. The number of aliphatic hydroxyl groups excluding tert-OH is 1. The fourth-order valence-corrected chi connectivity index (χ4v) is 6.72. The first-order valence-electron chi connectivity index (χ1n) is 20.4. The third kappa shape index (κ3) is 31.6. The van der Waals surface area contributed by atoms with E-state index < -0.39 is 38.4 Å². The molecule has 0 aliphatic rings. The summed E-state index contributed by atoms with van der Waals surface area (Å²) >= 11 is 0. The van der Waals surface area contributed by atoms with Gasteiger partial charge in [-0.05, 0) is 38.5 Å². The number of hydrogen-bond donors (Lipinski definition) is 2. The topological polar surface area (TPSA) is 119 Å². The van der Waals surface area contributed by atoms with Crippen LogP contribution in [0.3, 0.4) is 0 Å². The maximum atomic E-state index is 13.3. The van der Waals surface area contributed by atoms with Crippen molar-refractivity contribution in [2.24, 2.45) is 0 Å². The van der Waals surface area contributed by atoms with Crippen molar-refractivity contribution in [3.63, 3.8) is 0 Å². The average Bonchev–Trinajstić information content (AvgIpc) is 3.06. The fourth-order valence-electron chi connectivity index (χ4n) is 5.81. The van der Waals surface area contributed by atoms with Crippen LogP contribution in [-0.4, -0.2) is 79.3 Å². The molecular weight excluding hydrogens is 653 g/mol. The SMILES string of the molecule is CCCCCCCC/C=C\CCCCCCCC(=O)O[C@@H](CO)C(OP(=O)(O)OCC[N+](C)(C)C)C(=O)CCCCCCCCCCCCC. The molecule has 0 aromatic heterocycles. The number of likely N-dealkylation sites (N-methyl/N-ethyl adjacent to an activating group) is 1. The van der Waals surface area contributed by atoms with Gasteiger partial charge >= 0.3 is 13.8 Å². The van der Waals surface area contributed by atoms with Crippen molar-refractivity contribution in [2.75, 3.05) is 40.9 Å². The van der Waals surface area contributed by atoms with Gasteiger partial charge in [-0.3, -0.25) is 18.6 Å². The maximum absolute atomic E-state index is 13.3. The van der Waals surface area contributed by atoms with Crippen LogP contribution in [0, 0.1) is 0 Å². The third-order valence-corrected chi connectivity index (χ3v) is 10.1. The predicted octanol–water partition coefficient (Wildman–Crippen LogP) is 10.4. The van der Waals surface area contributed by atoms with Crippen molar-refractivity contribution >= 4 is 19.6 Å². The maximum Gasteiger partial charge on any atom is 0.473 e. The summed E-state index contributed by atoms with van der Waals surface area (Å²) in [4.78, 5) is 36.4. The molecule has 0 aromatic rings. The Bertz CT molecular complexity index is 891. The molecule has 9 nitrogen and oxygen atoms in total. The molecule has 0 bridgehead atoms. The zero-order valence-corrected chi connectivity index (χ0v) is 33.9. The van der Waals surface area contributed by atoms with Crippen LogP contribution in [0.5, 0.6) is 0 Å². The van der Waals surface area contributed by atoms with Gasteiger partial charge in [0.05, 0.1) is 27.7 Å². The van der Waals surface area contributed by atoms with E-state index in [1.165, 1.54) is 89.9 Å².